The molecule has 0 spiro atoms. The average molecular weight is 413 g/mol. The van der Waals surface area contributed by atoms with Crippen molar-refractivity contribution in [1.82, 2.24) is 4.57 Å². The van der Waals surface area contributed by atoms with E-state index in [1.54, 1.807) is 0 Å². The topological polar surface area (TPSA) is 8.17 Å². The highest BCUT2D eigenvalue weighted by Gasteiger charge is 2.29. The molecule has 1 aliphatic heterocycles. The van der Waals surface area contributed by atoms with Crippen molar-refractivity contribution >= 4 is 27.5 Å². The molecule has 6 rings (SSSR count). The summed E-state index contributed by atoms with van der Waals surface area (Å²) < 4.78 is 2.36. The Labute approximate surface area is 188 Å². The zero-order valence-electron chi connectivity index (χ0n) is 17.9. The molecule has 0 N–H and O–H groups in total. The predicted octanol–water partition coefficient (Wildman–Crippen LogP) is 7.69. The Morgan fingerprint density at radius 2 is 1.47 bits per heavy atom. The fraction of sp³-hybridized carbons (Fsp3) is 0.0667. The van der Waals surface area contributed by atoms with Gasteiger partial charge in [-0.05, 0) is 54.5 Å². The summed E-state index contributed by atoms with van der Waals surface area (Å²) in [5, 5.41) is 2.57. The molecule has 2 heteroatoms. The Balaban J connectivity index is 1.44. The maximum absolute atomic E-state index is 3.82. The summed E-state index contributed by atoms with van der Waals surface area (Å²) in [4.78, 5) is 2.33. The van der Waals surface area contributed by atoms with Crippen molar-refractivity contribution in [2.24, 2.45) is 5.92 Å². The summed E-state index contributed by atoms with van der Waals surface area (Å²) in [7, 11) is 0. The van der Waals surface area contributed by atoms with Crippen molar-refractivity contribution in [2.45, 2.75) is 6.42 Å². The summed E-state index contributed by atoms with van der Waals surface area (Å²) in [5.74, 6) is 0.410. The minimum atomic E-state index is 0.410. The second kappa shape index (κ2) is 7.58. The fourth-order valence-electron chi connectivity index (χ4n) is 5.01. The van der Waals surface area contributed by atoms with Gasteiger partial charge in [0.25, 0.3) is 0 Å². The summed E-state index contributed by atoms with van der Waals surface area (Å²) in [5.41, 5.74) is 7.49. The van der Waals surface area contributed by atoms with Crippen LogP contribution in [0.4, 0.5) is 5.69 Å². The molecule has 1 aliphatic carbocycles. The minimum absolute atomic E-state index is 0.410. The van der Waals surface area contributed by atoms with Gasteiger partial charge in [-0.2, -0.15) is 0 Å². The van der Waals surface area contributed by atoms with Crippen LogP contribution in [0.1, 0.15) is 6.42 Å². The van der Waals surface area contributed by atoms with Crippen LogP contribution in [0.5, 0.6) is 0 Å². The zero-order chi connectivity index (χ0) is 21.5. The molecule has 3 aromatic carbocycles. The van der Waals surface area contributed by atoms with Gasteiger partial charge in [0.1, 0.15) is 0 Å². The highest BCUT2D eigenvalue weighted by atomic mass is 15.2. The lowest BCUT2D eigenvalue weighted by Gasteiger charge is -2.24. The molecule has 1 aromatic heterocycles. The van der Waals surface area contributed by atoms with Crippen LogP contribution in [0.25, 0.3) is 27.5 Å². The van der Waals surface area contributed by atoms with Crippen molar-refractivity contribution in [3.63, 3.8) is 0 Å². The quantitative estimate of drug-likeness (QED) is 0.312. The van der Waals surface area contributed by atoms with E-state index in [-0.39, 0.29) is 0 Å². The number of hydrogen-bond donors (Lipinski definition) is 0. The summed E-state index contributed by atoms with van der Waals surface area (Å²) in [6.45, 7) is 3.82. The van der Waals surface area contributed by atoms with Gasteiger partial charge in [-0.1, -0.05) is 73.4 Å². The number of allylic oxidation sites excluding steroid dienone is 7. The van der Waals surface area contributed by atoms with E-state index < -0.39 is 0 Å². The van der Waals surface area contributed by atoms with Crippen molar-refractivity contribution in [1.29, 1.82) is 0 Å². The molecule has 154 valence electrons. The van der Waals surface area contributed by atoms with E-state index in [0.717, 1.165) is 6.42 Å². The van der Waals surface area contributed by atoms with E-state index in [0.29, 0.717) is 5.92 Å². The Bertz CT molecular complexity index is 1400. The van der Waals surface area contributed by atoms with Crippen LogP contribution < -0.4 is 4.90 Å². The molecule has 0 saturated heterocycles. The Morgan fingerprint density at radius 1 is 0.812 bits per heavy atom. The van der Waals surface area contributed by atoms with Crippen molar-refractivity contribution in [3.8, 4) is 5.69 Å². The zero-order valence-corrected chi connectivity index (χ0v) is 17.9. The lowest BCUT2D eigenvalue weighted by Crippen LogP contribution is -2.16. The molecule has 0 saturated carbocycles. The molecular formula is C30H24N2. The number of hydrogen-bond acceptors (Lipinski definition) is 1. The van der Waals surface area contributed by atoms with E-state index >= 15 is 0 Å². The Morgan fingerprint density at radius 3 is 2.16 bits per heavy atom. The first kappa shape index (κ1) is 18.7. The lowest BCUT2D eigenvalue weighted by molar-refractivity contribution is 0.749. The smallest absolute Gasteiger partial charge is 0.0541 e. The van der Waals surface area contributed by atoms with Crippen LogP contribution >= 0.6 is 0 Å². The highest BCUT2D eigenvalue weighted by Crippen LogP contribution is 2.41. The first-order valence-corrected chi connectivity index (χ1v) is 11.1. The van der Waals surface area contributed by atoms with Crippen LogP contribution in [0.15, 0.2) is 133 Å². The van der Waals surface area contributed by atoms with Gasteiger partial charge in [-0.15, -0.1) is 0 Å². The lowest BCUT2D eigenvalue weighted by atomic mass is 9.91. The number of para-hydroxylation sites is 2. The fourth-order valence-corrected chi connectivity index (χ4v) is 5.01. The molecule has 2 aliphatic rings. The third kappa shape index (κ3) is 2.88. The molecule has 4 aromatic rings. The van der Waals surface area contributed by atoms with E-state index in [1.165, 1.54) is 44.5 Å². The SMILES string of the molecule is C=CC=CC1=CN(c2ccc(-n3c4ccccc4c4ccccc43)cc2)C2=CC=CCC12. The second-order valence-electron chi connectivity index (χ2n) is 8.29. The second-order valence-corrected chi connectivity index (χ2v) is 8.29. The number of fused-ring (bicyclic) bond motifs is 4. The predicted molar refractivity (Wildman–Crippen MR) is 136 cm³/mol. The molecule has 0 bridgehead atoms. The summed E-state index contributed by atoms with van der Waals surface area (Å²) in [6.07, 6.45) is 16.0. The van der Waals surface area contributed by atoms with Crippen molar-refractivity contribution < 1.29 is 0 Å². The molecule has 2 heterocycles. The van der Waals surface area contributed by atoms with E-state index in [4.69, 9.17) is 0 Å². The molecule has 32 heavy (non-hydrogen) atoms. The monoisotopic (exact) mass is 412 g/mol. The largest absolute Gasteiger partial charge is 0.320 e. The Kier molecular flexibility index (Phi) is 4.43. The standard InChI is InChI=1S/C30H24N2/c1-2-3-10-22-21-31(28-14-7-4-11-25(22)28)23-17-19-24(20-18-23)32-29-15-8-5-12-26(29)27-13-6-9-16-30(27)32/h2-10,12-21,25H,1,11H2. The van der Waals surface area contributed by atoms with Crippen LogP contribution in [0.3, 0.4) is 0 Å². The van der Waals surface area contributed by atoms with Crippen LogP contribution in [0, 0.1) is 5.92 Å². The van der Waals surface area contributed by atoms with E-state index in [2.05, 4.69) is 119 Å². The van der Waals surface area contributed by atoms with Gasteiger partial charge >= 0.3 is 0 Å². The Hall–Kier alpha value is -4.04. The molecule has 0 radical (unpaired) electrons. The van der Waals surface area contributed by atoms with Gasteiger partial charge in [0, 0.05) is 40.0 Å². The van der Waals surface area contributed by atoms with Gasteiger partial charge < -0.3 is 9.47 Å². The molecule has 0 amide bonds. The van der Waals surface area contributed by atoms with Gasteiger partial charge in [0.2, 0.25) is 0 Å². The van der Waals surface area contributed by atoms with Crippen LogP contribution in [-0.2, 0) is 0 Å². The molecular weight excluding hydrogens is 388 g/mol. The number of aromatic nitrogens is 1. The van der Waals surface area contributed by atoms with Crippen LogP contribution in [-0.4, -0.2) is 4.57 Å². The number of rotatable bonds is 4. The third-order valence-corrected chi connectivity index (χ3v) is 6.48. The third-order valence-electron chi connectivity index (χ3n) is 6.48. The van der Waals surface area contributed by atoms with Gasteiger partial charge in [0.05, 0.1) is 11.0 Å². The number of nitrogens with zero attached hydrogens (tertiary/aromatic N) is 2. The first-order valence-electron chi connectivity index (χ1n) is 11.1. The maximum Gasteiger partial charge on any atom is 0.0541 e. The highest BCUT2D eigenvalue weighted by molar-refractivity contribution is 6.09. The summed E-state index contributed by atoms with van der Waals surface area (Å²) in [6, 6.07) is 26.2. The first-order chi connectivity index (χ1) is 15.8. The van der Waals surface area contributed by atoms with Gasteiger partial charge in [-0.3, -0.25) is 0 Å². The minimum Gasteiger partial charge on any atom is -0.320 e. The maximum atomic E-state index is 3.82. The number of anilines is 1. The molecule has 1 atom stereocenters. The van der Waals surface area contributed by atoms with Crippen molar-refractivity contribution in [3.05, 3.63) is 133 Å². The van der Waals surface area contributed by atoms with Crippen LogP contribution in [0.2, 0.25) is 0 Å². The molecule has 0 fully saturated rings. The van der Waals surface area contributed by atoms with E-state index in [9.17, 15) is 0 Å². The summed E-state index contributed by atoms with van der Waals surface area (Å²) >= 11 is 0. The van der Waals surface area contributed by atoms with Gasteiger partial charge in [-0.25, -0.2) is 0 Å². The number of benzene rings is 3. The molecule has 2 nitrogen and oxygen atoms in total. The van der Waals surface area contributed by atoms with Crippen molar-refractivity contribution in [2.75, 3.05) is 4.90 Å². The average Bonchev–Trinajstić information content (AvgIpc) is 3.39. The van der Waals surface area contributed by atoms with Gasteiger partial charge in [0.15, 0.2) is 0 Å². The normalized spacial score (nSPS) is 17.8. The molecule has 1 unspecified atom stereocenters. The van der Waals surface area contributed by atoms with E-state index in [1.807, 2.05) is 12.2 Å².